The van der Waals surface area contributed by atoms with Gasteiger partial charge in [-0.25, -0.2) is 0 Å². The van der Waals surface area contributed by atoms with E-state index in [0.717, 1.165) is 6.54 Å². The summed E-state index contributed by atoms with van der Waals surface area (Å²) < 4.78 is 5.25. The fourth-order valence-electron chi connectivity index (χ4n) is 1.66. The molecule has 0 radical (unpaired) electrons. The molecule has 1 aromatic rings. The zero-order chi connectivity index (χ0) is 11.4. The van der Waals surface area contributed by atoms with Crippen LogP contribution in [-0.4, -0.2) is 31.7 Å². The van der Waals surface area contributed by atoms with Gasteiger partial charge >= 0.3 is 0 Å². The molecule has 2 heterocycles. The van der Waals surface area contributed by atoms with E-state index in [0.29, 0.717) is 13.2 Å². The normalized spacial score (nSPS) is 21.4. The smallest absolute Gasteiger partial charge is 0.240 e. The van der Waals surface area contributed by atoms with Gasteiger partial charge in [0.05, 0.1) is 19.3 Å². The summed E-state index contributed by atoms with van der Waals surface area (Å²) in [4.78, 5) is 13.0. The monoisotopic (exact) mass is 276 g/mol. The molecule has 96 valence electrons. The molecular weight excluding hydrogens is 260 g/mol. The molecule has 1 aliphatic heterocycles. The molecule has 0 spiro atoms. The lowest BCUT2D eigenvalue weighted by Gasteiger charge is -2.24. The third kappa shape index (κ3) is 3.96. The summed E-state index contributed by atoms with van der Waals surface area (Å²) in [6.07, 6.45) is 0. The van der Waals surface area contributed by atoms with Crippen molar-refractivity contribution >= 4 is 29.7 Å². The molecule has 6 heteroatoms. The topological polar surface area (TPSA) is 50.4 Å². The summed E-state index contributed by atoms with van der Waals surface area (Å²) >= 11 is 1.65. The number of ether oxygens (including phenoxy) is 1. The molecule has 2 atom stereocenters. The van der Waals surface area contributed by atoms with Gasteiger partial charge in [0.1, 0.15) is 6.04 Å². The van der Waals surface area contributed by atoms with Gasteiger partial charge in [-0.2, -0.15) is 0 Å². The fourth-order valence-corrected chi connectivity index (χ4v) is 2.39. The number of amides is 1. The number of thiophene rings is 1. The van der Waals surface area contributed by atoms with Gasteiger partial charge < -0.3 is 15.4 Å². The first-order valence-corrected chi connectivity index (χ1v) is 6.30. The van der Waals surface area contributed by atoms with Crippen LogP contribution in [0.5, 0.6) is 0 Å². The summed E-state index contributed by atoms with van der Waals surface area (Å²) in [5, 5.41) is 8.13. The van der Waals surface area contributed by atoms with Crippen LogP contribution in [0, 0.1) is 0 Å². The van der Waals surface area contributed by atoms with Gasteiger partial charge in [-0.05, 0) is 18.4 Å². The van der Waals surface area contributed by atoms with Crippen molar-refractivity contribution in [3.63, 3.8) is 0 Å². The fraction of sp³-hybridized carbons (Fsp3) is 0.545. The Labute approximate surface area is 111 Å². The van der Waals surface area contributed by atoms with E-state index in [1.807, 2.05) is 24.4 Å². The highest BCUT2D eigenvalue weighted by molar-refractivity contribution is 7.10. The standard InChI is InChI=1S/C11H16N2O2S.ClH/c1-8(10-3-2-6-16-10)13-11(14)9-7-15-5-4-12-9;/h2-3,6,8-9,12H,4-5,7H2,1H3,(H,13,14);1H. The molecule has 1 amide bonds. The maximum atomic E-state index is 11.9. The van der Waals surface area contributed by atoms with Crippen molar-refractivity contribution in [3.8, 4) is 0 Å². The first-order chi connectivity index (χ1) is 7.77. The van der Waals surface area contributed by atoms with Gasteiger partial charge in [0.25, 0.3) is 0 Å². The van der Waals surface area contributed by atoms with Crippen LogP contribution in [-0.2, 0) is 9.53 Å². The maximum absolute atomic E-state index is 11.9. The molecule has 1 aromatic heterocycles. The Hall–Kier alpha value is -0.620. The second kappa shape index (κ2) is 6.96. The number of morpholine rings is 1. The van der Waals surface area contributed by atoms with Crippen molar-refractivity contribution in [1.82, 2.24) is 10.6 Å². The van der Waals surface area contributed by atoms with Gasteiger partial charge in [-0.1, -0.05) is 6.07 Å². The minimum absolute atomic E-state index is 0. The van der Waals surface area contributed by atoms with Crippen LogP contribution in [0.1, 0.15) is 17.8 Å². The Kier molecular flexibility index (Phi) is 5.91. The van der Waals surface area contributed by atoms with Crippen molar-refractivity contribution < 1.29 is 9.53 Å². The van der Waals surface area contributed by atoms with E-state index in [-0.39, 0.29) is 30.4 Å². The molecule has 4 nitrogen and oxygen atoms in total. The Bertz CT molecular complexity index is 339. The lowest BCUT2D eigenvalue weighted by Crippen LogP contribution is -2.51. The van der Waals surface area contributed by atoms with Crippen molar-refractivity contribution in [2.24, 2.45) is 0 Å². The first kappa shape index (κ1) is 14.4. The van der Waals surface area contributed by atoms with Gasteiger partial charge in [0.15, 0.2) is 0 Å². The van der Waals surface area contributed by atoms with Gasteiger partial charge in [0, 0.05) is 11.4 Å². The van der Waals surface area contributed by atoms with Gasteiger partial charge in [-0.3, -0.25) is 4.79 Å². The predicted molar refractivity (Wildman–Crippen MR) is 70.7 cm³/mol. The summed E-state index contributed by atoms with van der Waals surface area (Å²) in [5.41, 5.74) is 0. The van der Waals surface area contributed by atoms with E-state index in [1.54, 1.807) is 11.3 Å². The van der Waals surface area contributed by atoms with Crippen LogP contribution >= 0.6 is 23.7 Å². The lowest BCUT2D eigenvalue weighted by atomic mass is 10.2. The predicted octanol–water partition coefficient (Wildman–Crippen LogP) is 1.34. The second-order valence-corrected chi connectivity index (χ2v) is 4.81. The maximum Gasteiger partial charge on any atom is 0.240 e. The van der Waals surface area contributed by atoms with Crippen LogP contribution in [0.2, 0.25) is 0 Å². The molecule has 2 unspecified atom stereocenters. The van der Waals surface area contributed by atoms with Crippen molar-refractivity contribution in [1.29, 1.82) is 0 Å². The van der Waals surface area contributed by atoms with Crippen molar-refractivity contribution in [2.75, 3.05) is 19.8 Å². The number of halogens is 1. The highest BCUT2D eigenvalue weighted by Crippen LogP contribution is 2.18. The zero-order valence-electron chi connectivity index (χ0n) is 9.64. The molecular formula is C11H17ClN2O2S. The minimum Gasteiger partial charge on any atom is -0.378 e. The summed E-state index contributed by atoms with van der Waals surface area (Å²) in [5.74, 6) is 0.0144. The Morgan fingerprint density at radius 3 is 3.12 bits per heavy atom. The Morgan fingerprint density at radius 1 is 1.71 bits per heavy atom. The van der Waals surface area contributed by atoms with E-state index in [4.69, 9.17) is 4.74 Å². The van der Waals surface area contributed by atoms with Gasteiger partial charge in [0.2, 0.25) is 5.91 Å². The number of hydrogen-bond acceptors (Lipinski definition) is 4. The molecule has 0 saturated carbocycles. The highest BCUT2D eigenvalue weighted by Gasteiger charge is 2.22. The number of nitrogens with one attached hydrogen (secondary N) is 2. The number of hydrogen-bond donors (Lipinski definition) is 2. The molecule has 1 saturated heterocycles. The molecule has 1 aliphatic rings. The van der Waals surface area contributed by atoms with Crippen LogP contribution in [0.4, 0.5) is 0 Å². The van der Waals surface area contributed by atoms with E-state index >= 15 is 0 Å². The largest absolute Gasteiger partial charge is 0.378 e. The Balaban J connectivity index is 0.00000144. The third-order valence-corrected chi connectivity index (χ3v) is 3.62. The number of carbonyl (C=O) groups excluding carboxylic acids is 1. The third-order valence-electron chi connectivity index (χ3n) is 2.57. The average Bonchev–Trinajstić information content (AvgIpc) is 2.83. The quantitative estimate of drug-likeness (QED) is 0.876. The van der Waals surface area contributed by atoms with Crippen LogP contribution in [0.3, 0.4) is 0 Å². The highest BCUT2D eigenvalue weighted by atomic mass is 35.5. The molecule has 0 bridgehead atoms. The number of carbonyl (C=O) groups is 1. The molecule has 17 heavy (non-hydrogen) atoms. The molecule has 1 fully saturated rings. The molecule has 0 aliphatic carbocycles. The lowest BCUT2D eigenvalue weighted by molar-refractivity contribution is -0.126. The van der Waals surface area contributed by atoms with E-state index in [9.17, 15) is 4.79 Å². The molecule has 0 aromatic carbocycles. The summed E-state index contributed by atoms with van der Waals surface area (Å²) in [6.45, 7) is 3.88. The van der Waals surface area contributed by atoms with Crippen LogP contribution in [0.25, 0.3) is 0 Å². The average molecular weight is 277 g/mol. The zero-order valence-corrected chi connectivity index (χ0v) is 11.3. The van der Waals surface area contributed by atoms with Crippen molar-refractivity contribution in [2.45, 2.75) is 19.0 Å². The first-order valence-electron chi connectivity index (χ1n) is 5.42. The van der Waals surface area contributed by atoms with E-state index in [2.05, 4.69) is 10.6 Å². The van der Waals surface area contributed by atoms with Crippen LogP contribution < -0.4 is 10.6 Å². The Morgan fingerprint density at radius 2 is 2.53 bits per heavy atom. The summed E-state index contributed by atoms with van der Waals surface area (Å²) in [7, 11) is 0. The molecule has 2 N–H and O–H groups in total. The van der Waals surface area contributed by atoms with Gasteiger partial charge in [-0.15, -0.1) is 23.7 Å². The van der Waals surface area contributed by atoms with Crippen molar-refractivity contribution in [3.05, 3.63) is 22.4 Å². The summed E-state index contributed by atoms with van der Waals surface area (Å²) in [6, 6.07) is 3.87. The SMILES string of the molecule is CC(NC(=O)C1COCCN1)c1cccs1.Cl. The second-order valence-electron chi connectivity index (χ2n) is 3.83. The van der Waals surface area contributed by atoms with E-state index < -0.39 is 0 Å². The minimum atomic E-state index is -0.212. The number of rotatable bonds is 3. The molecule has 2 rings (SSSR count). The van der Waals surface area contributed by atoms with E-state index in [1.165, 1.54) is 4.88 Å². The van der Waals surface area contributed by atoms with Crippen LogP contribution in [0.15, 0.2) is 17.5 Å².